The lowest BCUT2D eigenvalue weighted by molar-refractivity contribution is 0.112. The molecular formula is C27H22N6O9S2. The molecule has 17 heteroatoms. The number of nitrogens with one attached hydrogen (secondary N) is 2. The Kier molecular flexibility index (Phi) is 9.54. The number of methoxy groups -OCH3 is 1. The van der Waals surface area contributed by atoms with Gasteiger partial charge >= 0.3 is 6.03 Å². The molecule has 4 aromatic carbocycles. The minimum absolute atomic E-state index is 0.0732. The van der Waals surface area contributed by atoms with E-state index in [2.05, 4.69) is 31.1 Å². The monoisotopic (exact) mass is 638 g/mol. The van der Waals surface area contributed by atoms with Crippen molar-refractivity contribution in [3.8, 4) is 5.75 Å². The van der Waals surface area contributed by atoms with E-state index in [-0.39, 0.29) is 49.5 Å². The van der Waals surface area contributed by atoms with Gasteiger partial charge in [0, 0.05) is 11.6 Å². The molecule has 4 aromatic rings. The highest BCUT2D eigenvalue weighted by Crippen LogP contribution is 2.31. The van der Waals surface area contributed by atoms with Gasteiger partial charge in [-0.1, -0.05) is 12.1 Å². The van der Waals surface area contributed by atoms with Crippen LogP contribution in [0.5, 0.6) is 5.75 Å². The summed E-state index contributed by atoms with van der Waals surface area (Å²) in [6.45, 7) is 0. The van der Waals surface area contributed by atoms with Crippen molar-refractivity contribution in [1.29, 1.82) is 0 Å². The number of benzene rings is 4. The zero-order valence-electron chi connectivity index (χ0n) is 22.5. The summed E-state index contributed by atoms with van der Waals surface area (Å²) in [7, 11) is -7.46. The topological polar surface area (TPSA) is 226 Å². The molecule has 0 bridgehead atoms. The molecule has 226 valence electrons. The molecule has 0 unspecified atom stereocenters. The Morgan fingerprint density at radius 3 is 1.61 bits per heavy atom. The van der Waals surface area contributed by atoms with Crippen LogP contribution < -0.4 is 15.4 Å². The predicted octanol–water partition coefficient (Wildman–Crippen LogP) is 6.48. The summed E-state index contributed by atoms with van der Waals surface area (Å²) < 4.78 is 69.0. The summed E-state index contributed by atoms with van der Waals surface area (Å²) in [5, 5.41) is 21.0. The maximum atomic E-state index is 12.7. The van der Waals surface area contributed by atoms with Crippen molar-refractivity contribution in [3.63, 3.8) is 0 Å². The molecule has 0 aromatic heterocycles. The zero-order chi connectivity index (χ0) is 31.9. The first kappa shape index (κ1) is 31.6. The number of carbonyl (C=O) groups excluding carboxylic acids is 2. The van der Waals surface area contributed by atoms with Crippen molar-refractivity contribution in [1.82, 2.24) is 0 Å². The molecule has 0 aliphatic heterocycles. The average Bonchev–Trinajstić information content (AvgIpc) is 2.99. The summed E-state index contributed by atoms with van der Waals surface area (Å²) in [6, 6.07) is 18.4. The Bertz CT molecular complexity index is 2010. The summed E-state index contributed by atoms with van der Waals surface area (Å²) in [6.07, 6.45) is 0.500. The fourth-order valence-electron chi connectivity index (χ4n) is 3.59. The smallest absolute Gasteiger partial charge is 0.323 e. The Morgan fingerprint density at radius 2 is 1.14 bits per heavy atom. The van der Waals surface area contributed by atoms with Gasteiger partial charge < -0.3 is 15.4 Å². The molecule has 0 atom stereocenters. The predicted molar refractivity (Wildman–Crippen MR) is 158 cm³/mol. The number of azo groups is 2. The van der Waals surface area contributed by atoms with Gasteiger partial charge in [-0.3, -0.25) is 13.9 Å². The molecule has 0 fully saturated rings. The van der Waals surface area contributed by atoms with Gasteiger partial charge in [-0.05, 0) is 66.7 Å². The van der Waals surface area contributed by atoms with Gasteiger partial charge in [0.25, 0.3) is 20.2 Å². The molecule has 44 heavy (non-hydrogen) atoms. The Morgan fingerprint density at radius 1 is 0.682 bits per heavy atom. The third kappa shape index (κ3) is 8.35. The first-order chi connectivity index (χ1) is 20.9. The van der Waals surface area contributed by atoms with E-state index in [0.29, 0.717) is 12.0 Å². The molecule has 4 rings (SSSR count). The minimum atomic E-state index is -4.42. The van der Waals surface area contributed by atoms with E-state index < -0.39 is 26.3 Å². The van der Waals surface area contributed by atoms with E-state index in [1.165, 1.54) is 79.9 Å². The number of anilines is 2. The summed E-state index contributed by atoms with van der Waals surface area (Å²) in [5.74, 6) is 0.215. The minimum Gasteiger partial charge on any atom is -0.494 e. The molecule has 0 aliphatic carbocycles. The van der Waals surface area contributed by atoms with Crippen molar-refractivity contribution in [2.45, 2.75) is 9.79 Å². The molecule has 4 N–H and O–H groups in total. The molecule has 0 saturated carbocycles. The van der Waals surface area contributed by atoms with E-state index in [9.17, 15) is 35.5 Å². The van der Waals surface area contributed by atoms with Gasteiger partial charge in [-0.25, -0.2) is 4.79 Å². The SMILES string of the molecule is COc1cc(N=Nc2cccc(S(=O)(=O)O)c2)ccc1NC(=O)Nc1ccc(N=Nc2cccc(S(=O)(=O)O)c2)cc1C=O. The Hall–Kier alpha value is -5.36. The second-order valence-corrected chi connectivity index (χ2v) is 11.5. The molecule has 0 heterocycles. The zero-order valence-corrected chi connectivity index (χ0v) is 24.2. The highest BCUT2D eigenvalue weighted by Gasteiger charge is 2.13. The van der Waals surface area contributed by atoms with Gasteiger partial charge in [0.05, 0.1) is 51.0 Å². The summed E-state index contributed by atoms with van der Waals surface area (Å²) in [4.78, 5) is 23.7. The first-order valence-corrected chi connectivity index (χ1v) is 15.1. The third-order valence-electron chi connectivity index (χ3n) is 5.64. The highest BCUT2D eigenvalue weighted by molar-refractivity contribution is 7.86. The summed E-state index contributed by atoms with van der Waals surface area (Å²) >= 11 is 0. The Labute approximate surface area is 250 Å². The summed E-state index contributed by atoms with van der Waals surface area (Å²) in [5.41, 5.74) is 1.33. The van der Waals surface area contributed by atoms with Crippen LogP contribution in [0, 0.1) is 0 Å². The number of carbonyl (C=O) groups is 2. The number of urea groups is 1. The molecule has 2 amide bonds. The van der Waals surface area contributed by atoms with Crippen LogP contribution in [0.15, 0.2) is 115 Å². The van der Waals surface area contributed by atoms with Crippen LogP contribution in [-0.2, 0) is 20.2 Å². The van der Waals surface area contributed by atoms with Crippen LogP contribution in [-0.4, -0.2) is 45.4 Å². The van der Waals surface area contributed by atoms with Gasteiger partial charge in [-0.2, -0.15) is 37.3 Å². The number of amides is 2. The van der Waals surface area contributed by atoms with Crippen LogP contribution in [0.4, 0.5) is 38.9 Å². The van der Waals surface area contributed by atoms with Gasteiger partial charge in [0.2, 0.25) is 0 Å². The number of rotatable bonds is 10. The van der Waals surface area contributed by atoms with Crippen molar-refractivity contribution >= 4 is 66.7 Å². The van der Waals surface area contributed by atoms with E-state index >= 15 is 0 Å². The van der Waals surface area contributed by atoms with E-state index in [4.69, 9.17) is 4.74 Å². The van der Waals surface area contributed by atoms with Crippen molar-refractivity contribution in [3.05, 3.63) is 90.5 Å². The normalized spacial score (nSPS) is 11.9. The van der Waals surface area contributed by atoms with E-state index in [1.807, 2.05) is 0 Å². The van der Waals surface area contributed by atoms with Crippen LogP contribution >= 0.6 is 0 Å². The number of hydrogen-bond donors (Lipinski definition) is 4. The lowest BCUT2D eigenvalue weighted by Gasteiger charge is -2.12. The van der Waals surface area contributed by atoms with Gasteiger partial charge in [0.15, 0.2) is 6.29 Å². The second kappa shape index (κ2) is 13.3. The quantitative estimate of drug-likeness (QED) is 0.0846. The second-order valence-electron chi connectivity index (χ2n) is 8.70. The van der Waals surface area contributed by atoms with Gasteiger partial charge in [0.1, 0.15) is 5.75 Å². The van der Waals surface area contributed by atoms with E-state index in [1.54, 1.807) is 0 Å². The fourth-order valence-corrected chi connectivity index (χ4v) is 4.63. The molecule has 0 saturated heterocycles. The Balaban J connectivity index is 1.45. The number of nitrogens with zero attached hydrogens (tertiary/aromatic N) is 4. The van der Waals surface area contributed by atoms with Crippen LogP contribution in [0.2, 0.25) is 0 Å². The standard InChI is InChI=1S/C27H22N6O9S2/c1-42-26-15-21(33-31-19-5-3-7-23(14-19)44(39,40)41)9-11-25(26)29-27(35)28-24-10-8-20(12-17(24)16-34)32-30-18-4-2-6-22(13-18)43(36,37)38/h2-16H,1H3,(H2,28,29,35)(H,36,37,38)(H,39,40,41). The first-order valence-electron chi connectivity index (χ1n) is 12.2. The number of hydrogen-bond acceptors (Lipinski definition) is 11. The molecule has 0 radical (unpaired) electrons. The number of aldehydes is 1. The fraction of sp³-hybridized carbons (Fsp3) is 0.0370. The largest absolute Gasteiger partial charge is 0.494 e. The maximum Gasteiger partial charge on any atom is 0.323 e. The number of ether oxygens (including phenoxy) is 1. The van der Waals surface area contributed by atoms with Crippen LogP contribution in [0.25, 0.3) is 0 Å². The van der Waals surface area contributed by atoms with Crippen LogP contribution in [0.3, 0.4) is 0 Å². The van der Waals surface area contributed by atoms with Gasteiger partial charge in [-0.15, -0.1) is 0 Å². The average molecular weight is 639 g/mol. The molecule has 15 nitrogen and oxygen atoms in total. The molecule has 0 spiro atoms. The maximum absolute atomic E-state index is 12.7. The van der Waals surface area contributed by atoms with E-state index in [0.717, 1.165) is 12.1 Å². The lowest BCUT2D eigenvalue weighted by Crippen LogP contribution is -2.20. The third-order valence-corrected chi connectivity index (χ3v) is 7.34. The molecule has 0 aliphatic rings. The highest BCUT2D eigenvalue weighted by atomic mass is 32.2. The van der Waals surface area contributed by atoms with Crippen LogP contribution in [0.1, 0.15) is 10.4 Å². The van der Waals surface area contributed by atoms with Crippen molar-refractivity contribution in [2.24, 2.45) is 20.5 Å². The van der Waals surface area contributed by atoms with Crippen molar-refractivity contribution in [2.75, 3.05) is 17.7 Å². The lowest BCUT2D eigenvalue weighted by atomic mass is 10.1. The van der Waals surface area contributed by atoms with Crippen molar-refractivity contribution < 1.29 is 40.3 Å². The molecular weight excluding hydrogens is 616 g/mol.